The third kappa shape index (κ3) is 3.88. The molecule has 7 heteroatoms. The molecule has 0 aliphatic heterocycles. The van der Waals surface area contributed by atoms with E-state index in [0.29, 0.717) is 10.7 Å². The van der Waals surface area contributed by atoms with Gasteiger partial charge in [0.25, 0.3) is 11.6 Å². The Morgan fingerprint density at radius 1 is 1.27 bits per heavy atom. The number of hydrogen-bond acceptors (Lipinski definition) is 5. The zero-order valence-corrected chi connectivity index (χ0v) is 15.4. The fraction of sp³-hybridized carbons (Fsp3) is 0.263. The maximum atomic E-state index is 12.4. The smallest absolute Gasteiger partial charge is 0.273 e. The number of benzene rings is 2. The van der Waals surface area contributed by atoms with Crippen LogP contribution < -0.4 is 5.32 Å². The average Bonchev–Trinajstić information content (AvgIpc) is 3.01. The monoisotopic (exact) mass is 369 g/mol. The van der Waals surface area contributed by atoms with Crippen molar-refractivity contribution in [2.24, 2.45) is 0 Å². The highest BCUT2D eigenvalue weighted by Crippen LogP contribution is 2.28. The van der Waals surface area contributed by atoms with Crippen molar-refractivity contribution in [1.82, 2.24) is 4.98 Å². The lowest BCUT2D eigenvalue weighted by Gasteiger charge is -2.03. The number of nitro groups is 1. The van der Waals surface area contributed by atoms with E-state index in [9.17, 15) is 14.9 Å². The van der Waals surface area contributed by atoms with Crippen LogP contribution in [-0.2, 0) is 6.42 Å². The summed E-state index contributed by atoms with van der Waals surface area (Å²) >= 11 is 1.40. The van der Waals surface area contributed by atoms with Crippen molar-refractivity contribution in [3.63, 3.8) is 0 Å². The Bertz CT molecular complexity index is 981. The number of unbranched alkanes of at least 4 members (excludes halogenated alkanes) is 1. The van der Waals surface area contributed by atoms with E-state index in [-0.39, 0.29) is 11.3 Å². The van der Waals surface area contributed by atoms with Crippen molar-refractivity contribution in [3.05, 3.63) is 63.2 Å². The van der Waals surface area contributed by atoms with Gasteiger partial charge in [0.15, 0.2) is 5.13 Å². The summed E-state index contributed by atoms with van der Waals surface area (Å²) in [6.07, 6.45) is 3.31. The van der Waals surface area contributed by atoms with Crippen LogP contribution in [0.2, 0.25) is 0 Å². The van der Waals surface area contributed by atoms with Crippen molar-refractivity contribution in [2.75, 3.05) is 5.32 Å². The van der Waals surface area contributed by atoms with Crippen molar-refractivity contribution >= 4 is 38.3 Å². The van der Waals surface area contributed by atoms with E-state index in [0.717, 1.165) is 29.5 Å². The van der Waals surface area contributed by atoms with Crippen LogP contribution >= 0.6 is 11.3 Å². The molecule has 0 saturated heterocycles. The molecule has 3 aromatic rings. The molecule has 1 N–H and O–H groups in total. The zero-order chi connectivity index (χ0) is 18.7. The Hall–Kier alpha value is -2.80. The number of carbonyl (C=O) groups is 1. The van der Waals surface area contributed by atoms with Gasteiger partial charge in [-0.25, -0.2) is 4.98 Å². The van der Waals surface area contributed by atoms with E-state index < -0.39 is 10.8 Å². The van der Waals surface area contributed by atoms with Crippen molar-refractivity contribution in [1.29, 1.82) is 0 Å². The zero-order valence-electron chi connectivity index (χ0n) is 14.6. The molecule has 0 bridgehead atoms. The number of amides is 1. The summed E-state index contributed by atoms with van der Waals surface area (Å²) < 4.78 is 1.02. The highest BCUT2D eigenvalue weighted by Gasteiger charge is 2.16. The highest BCUT2D eigenvalue weighted by atomic mass is 32.1. The van der Waals surface area contributed by atoms with Crippen molar-refractivity contribution < 1.29 is 9.72 Å². The van der Waals surface area contributed by atoms with E-state index in [4.69, 9.17) is 0 Å². The summed E-state index contributed by atoms with van der Waals surface area (Å²) in [5.74, 6) is -0.404. The summed E-state index contributed by atoms with van der Waals surface area (Å²) in [5.41, 5.74) is 2.79. The molecule has 134 valence electrons. The van der Waals surface area contributed by atoms with Crippen LogP contribution in [0.1, 0.15) is 41.3 Å². The first kappa shape index (κ1) is 18.0. The number of hydrogen-bond donors (Lipinski definition) is 1. The standard InChI is InChI=1S/C19H19N3O3S/c1-3-4-5-13-7-9-15-17(10-13)26-19(20-15)21-18(23)14-8-6-12(2)16(11-14)22(24)25/h6-11H,3-5H2,1-2H3,(H,20,21,23). The molecule has 2 aromatic carbocycles. The van der Waals surface area contributed by atoms with Crippen LogP contribution in [0.15, 0.2) is 36.4 Å². The van der Waals surface area contributed by atoms with Gasteiger partial charge < -0.3 is 0 Å². The van der Waals surface area contributed by atoms with E-state index >= 15 is 0 Å². The molecule has 0 atom stereocenters. The van der Waals surface area contributed by atoms with E-state index in [1.54, 1.807) is 19.1 Å². The Morgan fingerprint density at radius 3 is 2.81 bits per heavy atom. The van der Waals surface area contributed by atoms with Gasteiger partial charge >= 0.3 is 0 Å². The van der Waals surface area contributed by atoms with E-state index in [1.807, 2.05) is 6.07 Å². The molecule has 0 aliphatic rings. The predicted octanol–water partition coefficient (Wildman–Crippen LogP) is 5.11. The lowest BCUT2D eigenvalue weighted by molar-refractivity contribution is -0.385. The van der Waals surface area contributed by atoms with Crippen LogP contribution in [0.25, 0.3) is 10.2 Å². The molecule has 6 nitrogen and oxygen atoms in total. The van der Waals surface area contributed by atoms with Gasteiger partial charge in [-0.15, -0.1) is 0 Å². The predicted molar refractivity (Wildman–Crippen MR) is 104 cm³/mol. The normalized spacial score (nSPS) is 10.8. The van der Waals surface area contributed by atoms with E-state index in [1.165, 1.54) is 23.0 Å². The van der Waals surface area contributed by atoms with E-state index in [2.05, 4.69) is 29.4 Å². The Morgan fingerprint density at radius 2 is 2.08 bits per heavy atom. The summed E-state index contributed by atoms with van der Waals surface area (Å²) in [6, 6.07) is 10.6. The Kier molecular flexibility index (Phi) is 5.27. The number of anilines is 1. The van der Waals surface area contributed by atoms with Crippen LogP contribution in [0, 0.1) is 17.0 Å². The minimum Gasteiger partial charge on any atom is -0.298 e. The first-order valence-electron chi connectivity index (χ1n) is 8.44. The van der Waals surface area contributed by atoms with Crippen molar-refractivity contribution in [3.8, 4) is 0 Å². The second kappa shape index (κ2) is 7.61. The van der Waals surface area contributed by atoms with Crippen LogP contribution in [0.3, 0.4) is 0 Å². The average molecular weight is 369 g/mol. The third-order valence-corrected chi connectivity index (χ3v) is 5.09. The number of aryl methyl sites for hydroxylation is 2. The van der Waals surface area contributed by atoms with Crippen LogP contribution in [-0.4, -0.2) is 15.8 Å². The maximum absolute atomic E-state index is 12.4. The second-order valence-electron chi connectivity index (χ2n) is 6.14. The van der Waals surface area contributed by atoms with Gasteiger partial charge in [-0.2, -0.15) is 0 Å². The number of fused-ring (bicyclic) bond motifs is 1. The SMILES string of the molecule is CCCCc1ccc2nc(NC(=O)c3ccc(C)c([N+](=O)[O-])c3)sc2c1. The third-order valence-electron chi connectivity index (χ3n) is 4.16. The summed E-state index contributed by atoms with van der Waals surface area (Å²) in [7, 11) is 0. The van der Waals surface area contributed by atoms with Gasteiger partial charge in [-0.3, -0.25) is 20.2 Å². The molecule has 0 saturated carbocycles. The van der Waals surface area contributed by atoms with Gasteiger partial charge in [0.2, 0.25) is 0 Å². The van der Waals surface area contributed by atoms with Crippen LogP contribution in [0.5, 0.6) is 0 Å². The molecule has 1 amide bonds. The molecule has 0 aliphatic carbocycles. The first-order valence-corrected chi connectivity index (χ1v) is 9.25. The summed E-state index contributed by atoms with van der Waals surface area (Å²) in [4.78, 5) is 27.4. The number of aromatic nitrogens is 1. The second-order valence-corrected chi connectivity index (χ2v) is 7.17. The molecule has 0 radical (unpaired) electrons. The lowest BCUT2D eigenvalue weighted by Crippen LogP contribution is -2.12. The van der Waals surface area contributed by atoms with Gasteiger partial charge in [0.1, 0.15) is 0 Å². The minimum absolute atomic E-state index is 0.0671. The maximum Gasteiger partial charge on any atom is 0.273 e. The van der Waals surface area contributed by atoms with Crippen LogP contribution in [0.4, 0.5) is 10.8 Å². The molecule has 0 unspecified atom stereocenters. The quantitative estimate of drug-likeness (QED) is 0.483. The largest absolute Gasteiger partial charge is 0.298 e. The molecular formula is C19H19N3O3S. The Balaban J connectivity index is 1.81. The Labute approximate surface area is 155 Å². The molecule has 1 heterocycles. The summed E-state index contributed by atoms with van der Waals surface area (Å²) in [5, 5.41) is 14.3. The number of thiazole rings is 1. The molecule has 3 rings (SSSR count). The number of nitrogens with one attached hydrogen (secondary N) is 1. The molecule has 26 heavy (non-hydrogen) atoms. The van der Waals surface area contributed by atoms with Crippen molar-refractivity contribution in [2.45, 2.75) is 33.1 Å². The minimum atomic E-state index is -0.484. The summed E-state index contributed by atoms with van der Waals surface area (Å²) in [6.45, 7) is 3.80. The fourth-order valence-electron chi connectivity index (χ4n) is 2.68. The lowest BCUT2D eigenvalue weighted by atomic mass is 10.1. The molecular weight excluding hydrogens is 350 g/mol. The fourth-order valence-corrected chi connectivity index (χ4v) is 3.60. The molecule has 0 spiro atoms. The first-order chi connectivity index (χ1) is 12.5. The van der Waals surface area contributed by atoms with Gasteiger partial charge in [0, 0.05) is 17.2 Å². The van der Waals surface area contributed by atoms with Gasteiger partial charge in [-0.1, -0.05) is 36.8 Å². The highest BCUT2D eigenvalue weighted by molar-refractivity contribution is 7.22. The molecule has 1 aromatic heterocycles. The number of carbonyl (C=O) groups excluding carboxylic acids is 1. The topological polar surface area (TPSA) is 85.1 Å². The van der Waals surface area contributed by atoms with Gasteiger partial charge in [-0.05, 0) is 43.5 Å². The number of rotatable bonds is 6. The van der Waals surface area contributed by atoms with Gasteiger partial charge in [0.05, 0.1) is 15.1 Å². The number of nitro benzene ring substituents is 1. The number of nitrogens with zero attached hydrogens (tertiary/aromatic N) is 2. The molecule has 0 fully saturated rings.